The lowest BCUT2D eigenvalue weighted by molar-refractivity contribution is 0.318. The molecule has 2 atom stereocenters. The molecule has 1 N–H and O–H groups in total. The number of halogens is 1. The van der Waals surface area contributed by atoms with Crippen LogP contribution in [0.1, 0.15) is 32.1 Å². The van der Waals surface area contributed by atoms with E-state index in [0.717, 1.165) is 19.5 Å². The quantitative estimate of drug-likeness (QED) is 0.924. The summed E-state index contributed by atoms with van der Waals surface area (Å²) in [6, 6.07) is 0.903. The molecule has 114 valence electrons. The van der Waals surface area contributed by atoms with Gasteiger partial charge in [-0.25, -0.2) is 4.68 Å². The lowest BCUT2D eigenvalue weighted by Gasteiger charge is -2.22. The zero-order valence-corrected chi connectivity index (χ0v) is 12.9. The Morgan fingerprint density at radius 1 is 1.29 bits per heavy atom. The molecule has 21 heavy (non-hydrogen) atoms. The largest absolute Gasteiger partial charge is 0.375 e. The normalized spacial score (nSPS) is 28.8. The lowest BCUT2D eigenvalue weighted by Crippen LogP contribution is -2.36. The maximum Gasteiger partial charge on any atom is 0.291 e. The van der Waals surface area contributed by atoms with Crippen molar-refractivity contribution < 1.29 is 0 Å². The van der Waals surface area contributed by atoms with E-state index >= 15 is 0 Å². The molecule has 2 saturated heterocycles. The van der Waals surface area contributed by atoms with Gasteiger partial charge in [-0.05, 0) is 44.6 Å². The molecule has 3 fully saturated rings. The van der Waals surface area contributed by atoms with Gasteiger partial charge in [0.15, 0.2) is 0 Å². The molecule has 1 aromatic heterocycles. The SMILES string of the molecule is O=c1c(NC2CCN3CCCC23)c(Cl)cnn1CC1CC1. The molecule has 0 spiro atoms. The van der Waals surface area contributed by atoms with Crippen LogP contribution in [0.4, 0.5) is 5.69 Å². The molecule has 2 aliphatic heterocycles. The van der Waals surface area contributed by atoms with Crippen LogP contribution in [0.3, 0.4) is 0 Å². The summed E-state index contributed by atoms with van der Waals surface area (Å²) in [5.74, 6) is 0.626. The highest BCUT2D eigenvalue weighted by atomic mass is 35.5. The van der Waals surface area contributed by atoms with Gasteiger partial charge in [0.2, 0.25) is 0 Å². The predicted molar refractivity (Wildman–Crippen MR) is 82.9 cm³/mol. The van der Waals surface area contributed by atoms with Gasteiger partial charge in [0, 0.05) is 25.2 Å². The maximum atomic E-state index is 12.6. The topological polar surface area (TPSA) is 50.2 Å². The van der Waals surface area contributed by atoms with Crippen LogP contribution >= 0.6 is 11.6 Å². The molecule has 1 aromatic rings. The third kappa shape index (κ3) is 2.57. The molecular formula is C15H21ClN4O. The zero-order chi connectivity index (χ0) is 14.4. The molecule has 3 aliphatic rings. The van der Waals surface area contributed by atoms with Crippen molar-refractivity contribution in [2.45, 2.75) is 50.7 Å². The zero-order valence-electron chi connectivity index (χ0n) is 12.1. The Kier molecular flexibility index (Phi) is 3.42. The number of aromatic nitrogens is 2. The van der Waals surface area contributed by atoms with Crippen LogP contribution in [0.5, 0.6) is 0 Å². The van der Waals surface area contributed by atoms with Gasteiger partial charge in [-0.2, -0.15) is 5.10 Å². The van der Waals surface area contributed by atoms with Crippen molar-refractivity contribution >= 4 is 17.3 Å². The Labute approximate surface area is 129 Å². The molecule has 0 radical (unpaired) electrons. The van der Waals surface area contributed by atoms with Crippen molar-refractivity contribution in [3.8, 4) is 0 Å². The third-order valence-electron chi connectivity index (χ3n) is 5.06. The monoisotopic (exact) mass is 308 g/mol. The van der Waals surface area contributed by atoms with E-state index < -0.39 is 0 Å². The summed E-state index contributed by atoms with van der Waals surface area (Å²) in [4.78, 5) is 15.1. The van der Waals surface area contributed by atoms with E-state index in [4.69, 9.17) is 11.6 Å². The molecule has 0 amide bonds. The molecule has 4 rings (SSSR count). The van der Waals surface area contributed by atoms with Crippen LogP contribution in [-0.4, -0.2) is 39.9 Å². The number of nitrogens with one attached hydrogen (secondary N) is 1. The number of hydrogen-bond acceptors (Lipinski definition) is 4. The van der Waals surface area contributed by atoms with E-state index in [9.17, 15) is 4.79 Å². The highest BCUT2D eigenvalue weighted by molar-refractivity contribution is 6.33. The van der Waals surface area contributed by atoms with E-state index in [1.807, 2.05) is 0 Å². The summed E-state index contributed by atoms with van der Waals surface area (Å²) in [6.07, 6.45) is 7.59. The fraction of sp³-hybridized carbons (Fsp3) is 0.733. The first-order valence-corrected chi connectivity index (χ1v) is 8.36. The first kappa shape index (κ1) is 13.6. The third-order valence-corrected chi connectivity index (χ3v) is 5.35. The van der Waals surface area contributed by atoms with E-state index in [-0.39, 0.29) is 5.56 Å². The minimum absolute atomic E-state index is 0.0640. The second-order valence-corrected chi connectivity index (χ2v) is 6.99. The summed E-state index contributed by atoms with van der Waals surface area (Å²) >= 11 is 6.22. The van der Waals surface area contributed by atoms with Crippen LogP contribution in [-0.2, 0) is 6.54 Å². The van der Waals surface area contributed by atoms with Gasteiger partial charge >= 0.3 is 0 Å². The predicted octanol–water partition coefficient (Wildman–Crippen LogP) is 1.96. The van der Waals surface area contributed by atoms with Gasteiger partial charge in [-0.15, -0.1) is 0 Å². The Morgan fingerprint density at radius 2 is 2.14 bits per heavy atom. The highest BCUT2D eigenvalue weighted by Crippen LogP contribution is 2.32. The highest BCUT2D eigenvalue weighted by Gasteiger charge is 2.37. The average molecular weight is 309 g/mol. The molecule has 6 heteroatoms. The van der Waals surface area contributed by atoms with Crippen molar-refractivity contribution in [2.24, 2.45) is 5.92 Å². The molecular weight excluding hydrogens is 288 g/mol. The number of nitrogens with zero attached hydrogens (tertiary/aromatic N) is 3. The summed E-state index contributed by atoms with van der Waals surface area (Å²) in [5.41, 5.74) is 0.483. The summed E-state index contributed by atoms with van der Waals surface area (Å²) in [7, 11) is 0. The van der Waals surface area contributed by atoms with Gasteiger partial charge in [-0.1, -0.05) is 11.6 Å². The molecule has 1 saturated carbocycles. The maximum absolute atomic E-state index is 12.6. The molecule has 3 heterocycles. The second-order valence-electron chi connectivity index (χ2n) is 6.58. The van der Waals surface area contributed by atoms with Gasteiger partial charge < -0.3 is 5.32 Å². The smallest absolute Gasteiger partial charge is 0.291 e. The van der Waals surface area contributed by atoms with Gasteiger partial charge in [0.25, 0.3) is 5.56 Å². The molecule has 5 nitrogen and oxygen atoms in total. The number of rotatable bonds is 4. The van der Waals surface area contributed by atoms with Gasteiger partial charge in [0.1, 0.15) is 5.69 Å². The first-order chi connectivity index (χ1) is 10.2. The van der Waals surface area contributed by atoms with Crippen LogP contribution in [0.15, 0.2) is 11.0 Å². The summed E-state index contributed by atoms with van der Waals surface area (Å²) in [5, 5.41) is 8.07. The fourth-order valence-electron chi connectivity index (χ4n) is 3.71. The van der Waals surface area contributed by atoms with Crippen molar-refractivity contribution in [2.75, 3.05) is 18.4 Å². The average Bonchev–Trinajstić information content (AvgIpc) is 3.02. The standard InChI is InChI=1S/C15H21ClN4O/c16-11-8-17-20(9-10-3-4-10)15(21)14(11)18-12-5-7-19-6-1-2-13(12)19/h8,10,12-13,18H,1-7,9H2. The van der Waals surface area contributed by atoms with Crippen LogP contribution < -0.4 is 10.9 Å². The fourth-order valence-corrected chi connectivity index (χ4v) is 3.89. The van der Waals surface area contributed by atoms with Crippen molar-refractivity contribution in [3.63, 3.8) is 0 Å². The lowest BCUT2D eigenvalue weighted by atomic mass is 10.1. The summed E-state index contributed by atoms with van der Waals surface area (Å²) < 4.78 is 1.58. The molecule has 2 unspecified atom stereocenters. The first-order valence-electron chi connectivity index (χ1n) is 7.98. The van der Waals surface area contributed by atoms with E-state index in [1.54, 1.807) is 10.9 Å². The van der Waals surface area contributed by atoms with Crippen molar-refractivity contribution in [3.05, 3.63) is 21.6 Å². The molecule has 0 bridgehead atoms. The van der Waals surface area contributed by atoms with Crippen LogP contribution in [0, 0.1) is 5.92 Å². The molecule has 0 aromatic carbocycles. The second kappa shape index (κ2) is 5.29. The van der Waals surface area contributed by atoms with Crippen molar-refractivity contribution in [1.29, 1.82) is 0 Å². The number of anilines is 1. The Morgan fingerprint density at radius 3 is 2.95 bits per heavy atom. The van der Waals surface area contributed by atoms with E-state index in [2.05, 4.69) is 15.3 Å². The van der Waals surface area contributed by atoms with Crippen LogP contribution in [0.2, 0.25) is 5.02 Å². The van der Waals surface area contributed by atoms with Gasteiger partial charge in [0.05, 0.1) is 11.2 Å². The van der Waals surface area contributed by atoms with Crippen LogP contribution in [0.25, 0.3) is 0 Å². The number of fused-ring (bicyclic) bond motifs is 1. The number of hydrogen-bond donors (Lipinski definition) is 1. The Hall–Kier alpha value is -1.07. The minimum Gasteiger partial charge on any atom is -0.375 e. The Balaban J connectivity index is 1.57. The van der Waals surface area contributed by atoms with E-state index in [1.165, 1.54) is 32.2 Å². The summed E-state index contributed by atoms with van der Waals surface area (Å²) in [6.45, 7) is 3.05. The van der Waals surface area contributed by atoms with E-state index in [0.29, 0.717) is 28.7 Å². The van der Waals surface area contributed by atoms with Gasteiger partial charge in [-0.3, -0.25) is 9.69 Å². The molecule has 1 aliphatic carbocycles. The Bertz CT molecular complexity index is 598. The minimum atomic E-state index is -0.0640. The van der Waals surface area contributed by atoms with Crippen molar-refractivity contribution in [1.82, 2.24) is 14.7 Å².